The van der Waals surface area contributed by atoms with E-state index in [1.165, 1.54) is 13.1 Å². The Bertz CT molecular complexity index is 1040. The number of carbonyl (C=O) groups excluding carboxylic acids is 1. The van der Waals surface area contributed by atoms with E-state index in [9.17, 15) is 13.2 Å². The molecule has 0 saturated heterocycles. The Kier molecular flexibility index (Phi) is 5.65. The molecule has 0 bridgehead atoms. The van der Waals surface area contributed by atoms with Crippen molar-refractivity contribution in [2.75, 3.05) is 5.32 Å². The van der Waals surface area contributed by atoms with Gasteiger partial charge in [0, 0.05) is 11.9 Å². The van der Waals surface area contributed by atoms with Crippen molar-refractivity contribution in [2.24, 2.45) is 4.40 Å². The third-order valence-electron chi connectivity index (χ3n) is 4.45. The normalized spacial score (nSPS) is 15.8. The van der Waals surface area contributed by atoms with Gasteiger partial charge in [-0.15, -0.1) is 4.40 Å². The summed E-state index contributed by atoms with van der Waals surface area (Å²) in [5, 5.41) is 2.84. The second-order valence-electron chi connectivity index (χ2n) is 6.96. The van der Waals surface area contributed by atoms with Crippen LogP contribution in [0.3, 0.4) is 0 Å². The number of carbonyl (C=O) groups is 1. The van der Waals surface area contributed by atoms with E-state index in [1.807, 2.05) is 48.5 Å². The topological polar surface area (TPSA) is 78.8 Å². The molecule has 0 atom stereocenters. The van der Waals surface area contributed by atoms with Gasteiger partial charge in [0.1, 0.15) is 0 Å². The fourth-order valence-electron chi connectivity index (χ4n) is 2.87. The maximum atomic E-state index is 12.8. The van der Waals surface area contributed by atoms with E-state index in [1.54, 1.807) is 6.07 Å². The molecule has 3 rings (SSSR count). The molecule has 0 fully saturated rings. The summed E-state index contributed by atoms with van der Waals surface area (Å²) in [6.45, 7) is 5.79. The summed E-state index contributed by atoms with van der Waals surface area (Å²) in [5.74, 6) is -0.0596. The Morgan fingerprint density at radius 3 is 2.50 bits per heavy atom. The van der Waals surface area contributed by atoms with Crippen LogP contribution in [0.15, 0.2) is 70.8 Å². The highest BCUT2D eigenvalue weighted by Crippen LogP contribution is 2.22. The van der Waals surface area contributed by atoms with E-state index >= 15 is 0 Å². The molecule has 0 radical (unpaired) electrons. The minimum absolute atomic E-state index is 0.111. The minimum Gasteiger partial charge on any atom is -0.322 e. The van der Waals surface area contributed by atoms with Gasteiger partial charge in [-0.05, 0) is 36.1 Å². The van der Waals surface area contributed by atoms with E-state index in [-0.39, 0.29) is 17.8 Å². The van der Waals surface area contributed by atoms with Gasteiger partial charge in [0.05, 0.1) is 17.8 Å². The highest BCUT2D eigenvalue weighted by Gasteiger charge is 2.28. The third kappa shape index (κ3) is 4.48. The van der Waals surface area contributed by atoms with E-state index in [0.717, 1.165) is 15.4 Å². The first-order valence-corrected chi connectivity index (χ1v) is 10.4. The quantitative estimate of drug-likeness (QED) is 0.832. The van der Waals surface area contributed by atoms with Crippen LogP contribution < -0.4 is 5.32 Å². The van der Waals surface area contributed by atoms with Crippen molar-refractivity contribution in [3.8, 4) is 0 Å². The third-order valence-corrected chi connectivity index (χ3v) is 5.78. The monoisotopic (exact) mass is 397 g/mol. The standard InChI is InChI=1S/C21H23N3O3S/c1-15(2)18-10-7-11-19(12-18)22-21(25)20-14-24(28(26,27)23-16(20)3)13-17-8-5-4-6-9-17/h4-12,14-15H,13H2,1-3H3,(H,22,25). The number of amides is 1. The fraction of sp³-hybridized carbons (Fsp3) is 0.238. The summed E-state index contributed by atoms with van der Waals surface area (Å²) < 4.78 is 29.7. The molecule has 1 aliphatic heterocycles. The van der Waals surface area contributed by atoms with Gasteiger partial charge in [0.15, 0.2) is 0 Å². The second kappa shape index (κ2) is 7.98. The van der Waals surface area contributed by atoms with E-state index in [2.05, 4.69) is 23.6 Å². The smallest absolute Gasteiger partial charge is 0.322 e. The number of hydrogen-bond acceptors (Lipinski definition) is 3. The summed E-state index contributed by atoms with van der Waals surface area (Å²) in [7, 11) is -3.86. The molecule has 0 spiro atoms. The molecular weight excluding hydrogens is 374 g/mol. The lowest BCUT2D eigenvalue weighted by molar-refractivity contribution is -0.112. The lowest BCUT2D eigenvalue weighted by Crippen LogP contribution is -2.32. The predicted molar refractivity (Wildman–Crippen MR) is 111 cm³/mol. The molecule has 0 aliphatic carbocycles. The summed E-state index contributed by atoms with van der Waals surface area (Å²) >= 11 is 0. The lowest BCUT2D eigenvalue weighted by Gasteiger charge is -2.23. The average molecular weight is 398 g/mol. The van der Waals surface area contributed by atoms with Gasteiger partial charge >= 0.3 is 10.2 Å². The molecule has 0 saturated carbocycles. The van der Waals surface area contributed by atoms with Crippen molar-refractivity contribution in [2.45, 2.75) is 33.2 Å². The highest BCUT2D eigenvalue weighted by molar-refractivity contribution is 7.88. The molecule has 2 aromatic rings. The predicted octanol–water partition coefficient (Wildman–Crippen LogP) is 3.85. The van der Waals surface area contributed by atoms with Gasteiger partial charge in [-0.2, -0.15) is 8.42 Å². The molecule has 2 aromatic carbocycles. The molecule has 28 heavy (non-hydrogen) atoms. The zero-order valence-corrected chi connectivity index (χ0v) is 16.9. The summed E-state index contributed by atoms with van der Waals surface area (Å²) in [6, 6.07) is 16.8. The van der Waals surface area contributed by atoms with Gasteiger partial charge in [0.25, 0.3) is 5.91 Å². The molecule has 1 heterocycles. The highest BCUT2D eigenvalue weighted by atomic mass is 32.2. The molecule has 7 heteroatoms. The first kappa shape index (κ1) is 19.8. The molecule has 1 amide bonds. The number of anilines is 1. The molecule has 1 aliphatic rings. The molecule has 6 nitrogen and oxygen atoms in total. The van der Waals surface area contributed by atoms with Gasteiger partial charge in [-0.25, -0.2) is 0 Å². The van der Waals surface area contributed by atoms with E-state index < -0.39 is 16.1 Å². The van der Waals surface area contributed by atoms with Gasteiger partial charge in [-0.1, -0.05) is 56.3 Å². The van der Waals surface area contributed by atoms with Gasteiger partial charge in [-0.3, -0.25) is 9.10 Å². The molecule has 0 unspecified atom stereocenters. The van der Waals surface area contributed by atoms with Crippen molar-refractivity contribution in [3.63, 3.8) is 0 Å². The number of rotatable bonds is 5. The number of hydrogen-bond donors (Lipinski definition) is 1. The van der Waals surface area contributed by atoms with Crippen LogP contribution in [0.5, 0.6) is 0 Å². The second-order valence-corrected chi connectivity index (χ2v) is 8.51. The van der Waals surface area contributed by atoms with Crippen molar-refractivity contribution in [3.05, 3.63) is 77.5 Å². The van der Waals surface area contributed by atoms with Gasteiger partial charge < -0.3 is 5.32 Å². The molecule has 1 N–H and O–H groups in total. The van der Waals surface area contributed by atoms with Crippen LogP contribution in [0.2, 0.25) is 0 Å². The SMILES string of the molecule is CC1=NS(=O)(=O)N(Cc2ccccc2)C=C1C(=O)Nc1cccc(C(C)C)c1. The van der Waals surface area contributed by atoms with Crippen molar-refractivity contribution >= 4 is 27.5 Å². The zero-order chi connectivity index (χ0) is 20.3. The first-order valence-electron chi connectivity index (χ1n) is 9.02. The fourth-order valence-corrected chi connectivity index (χ4v) is 3.97. The lowest BCUT2D eigenvalue weighted by atomic mass is 10.0. The Labute approximate surface area is 165 Å². The number of benzene rings is 2. The largest absolute Gasteiger partial charge is 0.344 e. The van der Waals surface area contributed by atoms with Gasteiger partial charge in [0.2, 0.25) is 0 Å². The Morgan fingerprint density at radius 2 is 1.82 bits per heavy atom. The van der Waals surface area contributed by atoms with Crippen LogP contribution in [-0.2, 0) is 21.5 Å². The van der Waals surface area contributed by atoms with E-state index in [0.29, 0.717) is 11.6 Å². The van der Waals surface area contributed by atoms with Crippen molar-refractivity contribution < 1.29 is 13.2 Å². The molecule has 146 valence electrons. The summed E-state index contributed by atoms with van der Waals surface area (Å²) in [5.41, 5.74) is 2.96. The first-order chi connectivity index (χ1) is 13.3. The van der Waals surface area contributed by atoms with Crippen molar-refractivity contribution in [1.82, 2.24) is 4.31 Å². The van der Waals surface area contributed by atoms with Crippen LogP contribution in [0.25, 0.3) is 0 Å². The van der Waals surface area contributed by atoms with E-state index in [4.69, 9.17) is 0 Å². The minimum atomic E-state index is -3.86. The van der Waals surface area contributed by atoms with Crippen molar-refractivity contribution in [1.29, 1.82) is 0 Å². The Morgan fingerprint density at radius 1 is 1.11 bits per heavy atom. The van der Waals surface area contributed by atoms with Crippen LogP contribution in [-0.4, -0.2) is 24.3 Å². The Balaban J connectivity index is 1.85. The maximum Gasteiger partial charge on any atom is 0.344 e. The zero-order valence-electron chi connectivity index (χ0n) is 16.1. The number of nitrogens with zero attached hydrogens (tertiary/aromatic N) is 2. The van der Waals surface area contributed by atoms with Crippen LogP contribution in [0.1, 0.15) is 37.8 Å². The Hall–Kier alpha value is -2.93. The summed E-state index contributed by atoms with van der Waals surface area (Å²) in [4.78, 5) is 12.8. The maximum absolute atomic E-state index is 12.8. The average Bonchev–Trinajstić information content (AvgIpc) is 2.64. The molecular formula is C21H23N3O3S. The van der Waals surface area contributed by atoms with Crippen LogP contribution in [0, 0.1) is 0 Å². The van der Waals surface area contributed by atoms with Crippen LogP contribution >= 0.6 is 0 Å². The molecule has 0 aromatic heterocycles. The van der Waals surface area contributed by atoms with Crippen LogP contribution in [0.4, 0.5) is 5.69 Å². The summed E-state index contributed by atoms with van der Waals surface area (Å²) in [6.07, 6.45) is 1.35. The number of nitrogens with one attached hydrogen (secondary N) is 1.